The fraction of sp³-hybridized carbons (Fsp3) is 0.467. The highest BCUT2D eigenvalue weighted by Crippen LogP contribution is 2.15. The van der Waals surface area contributed by atoms with Gasteiger partial charge in [-0.25, -0.2) is 0 Å². The van der Waals surface area contributed by atoms with Crippen LogP contribution in [0.4, 0.5) is 0 Å². The number of rotatable bonds is 6. The van der Waals surface area contributed by atoms with E-state index in [1.165, 1.54) is 0 Å². The molecule has 0 bridgehead atoms. The molecule has 2 N–H and O–H groups in total. The summed E-state index contributed by atoms with van der Waals surface area (Å²) in [6.45, 7) is 3.98. The Kier molecular flexibility index (Phi) is 4.80. The molecule has 2 atom stereocenters. The number of nitrogens with one attached hydrogen (secondary N) is 1. The maximum Gasteiger partial charge on any atom is 0.257 e. The molecule has 0 spiro atoms. The summed E-state index contributed by atoms with van der Waals surface area (Å²) in [5.41, 5.74) is 0.496. The Bertz CT molecular complexity index is 589. The van der Waals surface area contributed by atoms with Gasteiger partial charge in [-0.3, -0.25) is 9.48 Å². The second-order valence-corrected chi connectivity index (χ2v) is 5.24. The highest BCUT2D eigenvalue weighted by molar-refractivity contribution is 5.97. The molecule has 0 aromatic carbocycles. The van der Waals surface area contributed by atoms with E-state index in [1.54, 1.807) is 17.9 Å². The smallest absolute Gasteiger partial charge is 0.257 e. The molecule has 0 radical (unpaired) electrons. The van der Waals surface area contributed by atoms with Crippen LogP contribution in [0.1, 0.15) is 30.6 Å². The molecule has 2 aromatic rings. The van der Waals surface area contributed by atoms with Crippen molar-refractivity contribution in [1.29, 1.82) is 0 Å². The van der Waals surface area contributed by atoms with E-state index in [1.807, 2.05) is 42.9 Å². The fourth-order valence-corrected chi connectivity index (χ4v) is 2.27. The zero-order valence-corrected chi connectivity index (χ0v) is 12.7. The second kappa shape index (κ2) is 6.58. The van der Waals surface area contributed by atoms with E-state index in [9.17, 15) is 9.90 Å². The van der Waals surface area contributed by atoms with E-state index in [0.29, 0.717) is 11.4 Å². The third-order valence-corrected chi connectivity index (χ3v) is 3.85. The van der Waals surface area contributed by atoms with Crippen LogP contribution in [0, 0.1) is 5.92 Å². The van der Waals surface area contributed by atoms with Gasteiger partial charge in [-0.15, -0.1) is 0 Å². The molecular weight excluding hydrogens is 268 g/mol. The lowest BCUT2D eigenvalue weighted by molar-refractivity contribution is 0.0891. The van der Waals surface area contributed by atoms with Gasteiger partial charge in [-0.1, -0.05) is 20.3 Å². The van der Waals surface area contributed by atoms with Crippen molar-refractivity contribution < 1.29 is 9.90 Å². The first kappa shape index (κ1) is 15.3. The molecule has 0 unspecified atom stereocenters. The van der Waals surface area contributed by atoms with Crippen molar-refractivity contribution in [3.8, 4) is 5.82 Å². The number of hydrogen-bond donors (Lipinski definition) is 2. The number of carbonyl (C=O) groups excluding carboxylic acids is 1. The number of aliphatic hydroxyl groups is 1. The predicted octanol–water partition coefficient (Wildman–Crippen LogP) is 1.35. The Balaban J connectivity index is 2.24. The first-order valence-corrected chi connectivity index (χ1v) is 7.15. The van der Waals surface area contributed by atoms with Crippen molar-refractivity contribution in [3.05, 3.63) is 36.3 Å². The molecule has 114 valence electrons. The van der Waals surface area contributed by atoms with E-state index < -0.39 is 0 Å². The molecular formula is C15H22N4O2. The van der Waals surface area contributed by atoms with E-state index in [4.69, 9.17) is 0 Å². The van der Waals surface area contributed by atoms with Gasteiger partial charge in [0.2, 0.25) is 0 Å². The maximum absolute atomic E-state index is 12.5. The Morgan fingerprint density at radius 2 is 2.10 bits per heavy atom. The van der Waals surface area contributed by atoms with Gasteiger partial charge >= 0.3 is 0 Å². The molecule has 2 aromatic heterocycles. The molecule has 21 heavy (non-hydrogen) atoms. The predicted molar refractivity (Wildman–Crippen MR) is 80.3 cm³/mol. The van der Waals surface area contributed by atoms with Gasteiger partial charge in [-0.2, -0.15) is 5.10 Å². The normalized spacial score (nSPS) is 13.9. The fourth-order valence-electron chi connectivity index (χ4n) is 2.27. The number of nitrogens with zero attached hydrogens (tertiary/aromatic N) is 3. The molecule has 0 aliphatic heterocycles. The van der Waals surface area contributed by atoms with Crippen molar-refractivity contribution >= 4 is 5.91 Å². The second-order valence-electron chi connectivity index (χ2n) is 5.24. The maximum atomic E-state index is 12.5. The Morgan fingerprint density at radius 3 is 2.67 bits per heavy atom. The highest BCUT2D eigenvalue weighted by Gasteiger charge is 2.22. The molecule has 0 aliphatic carbocycles. The molecule has 2 rings (SSSR count). The molecule has 6 nitrogen and oxygen atoms in total. The quantitative estimate of drug-likeness (QED) is 0.843. The average Bonchev–Trinajstić information content (AvgIpc) is 3.12. The van der Waals surface area contributed by atoms with E-state index >= 15 is 0 Å². The lowest BCUT2D eigenvalue weighted by Gasteiger charge is -2.22. The molecule has 0 saturated carbocycles. The van der Waals surface area contributed by atoms with Gasteiger partial charge in [0.1, 0.15) is 11.4 Å². The SMILES string of the molecule is CC[C@@H](C)[C@H](CO)NC(=O)c1cnn(C)c1-n1cccc1. The van der Waals surface area contributed by atoms with Crippen LogP contribution in [0.15, 0.2) is 30.7 Å². The van der Waals surface area contributed by atoms with E-state index in [-0.39, 0.29) is 24.5 Å². The molecule has 0 fully saturated rings. The molecule has 2 heterocycles. The van der Waals surface area contributed by atoms with Gasteiger partial charge < -0.3 is 15.0 Å². The van der Waals surface area contributed by atoms with Crippen LogP contribution in [0.3, 0.4) is 0 Å². The third kappa shape index (κ3) is 3.16. The first-order chi connectivity index (χ1) is 10.1. The van der Waals surface area contributed by atoms with Gasteiger partial charge in [0, 0.05) is 19.4 Å². The van der Waals surface area contributed by atoms with Gasteiger partial charge in [0.05, 0.1) is 18.8 Å². The molecule has 0 aliphatic rings. The first-order valence-electron chi connectivity index (χ1n) is 7.15. The number of amides is 1. The zero-order valence-electron chi connectivity index (χ0n) is 12.7. The van der Waals surface area contributed by atoms with Gasteiger partial charge in [0.25, 0.3) is 5.91 Å². The van der Waals surface area contributed by atoms with Crippen molar-refractivity contribution in [2.75, 3.05) is 6.61 Å². The minimum Gasteiger partial charge on any atom is -0.394 e. The van der Waals surface area contributed by atoms with Crippen molar-refractivity contribution in [3.63, 3.8) is 0 Å². The molecule has 0 saturated heterocycles. The van der Waals surface area contributed by atoms with Crippen LogP contribution in [0.25, 0.3) is 5.82 Å². The Hall–Kier alpha value is -2.08. The minimum atomic E-state index is -0.250. The minimum absolute atomic E-state index is 0.0696. The Labute approximate surface area is 124 Å². The summed E-state index contributed by atoms with van der Waals surface area (Å²) >= 11 is 0. The molecule has 6 heteroatoms. The summed E-state index contributed by atoms with van der Waals surface area (Å²) in [7, 11) is 1.80. The van der Waals surface area contributed by atoms with E-state index in [0.717, 1.165) is 6.42 Å². The van der Waals surface area contributed by atoms with Crippen LogP contribution in [0.5, 0.6) is 0 Å². The number of hydrogen-bond acceptors (Lipinski definition) is 3. The summed E-state index contributed by atoms with van der Waals surface area (Å²) in [5, 5.41) is 16.5. The Morgan fingerprint density at radius 1 is 1.43 bits per heavy atom. The van der Waals surface area contributed by atoms with Crippen LogP contribution < -0.4 is 5.32 Å². The van der Waals surface area contributed by atoms with Crippen LogP contribution in [-0.4, -0.2) is 38.0 Å². The molecule has 1 amide bonds. The standard InChI is InChI=1S/C15H22N4O2/c1-4-11(2)13(10-20)17-14(21)12-9-16-18(3)15(12)19-7-5-6-8-19/h5-9,11,13,20H,4,10H2,1-3H3,(H,17,21)/t11-,13+/m1/s1. The number of aliphatic hydroxyl groups excluding tert-OH is 1. The van der Waals surface area contributed by atoms with E-state index in [2.05, 4.69) is 10.4 Å². The van der Waals surface area contributed by atoms with Crippen molar-refractivity contribution in [1.82, 2.24) is 19.7 Å². The lowest BCUT2D eigenvalue weighted by Crippen LogP contribution is -2.42. The third-order valence-electron chi connectivity index (χ3n) is 3.85. The van der Waals surface area contributed by atoms with Gasteiger partial charge in [0.15, 0.2) is 0 Å². The van der Waals surface area contributed by atoms with Gasteiger partial charge in [-0.05, 0) is 18.1 Å². The summed E-state index contributed by atoms with van der Waals surface area (Å²) in [6.07, 6.45) is 6.18. The number of carbonyl (C=O) groups is 1. The van der Waals surface area contributed by atoms with Crippen LogP contribution >= 0.6 is 0 Å². The lowest BCUT2D eigenvalue weighted by atomic mass is 9.99. The van der Waals surface area contributed by atoms with Crippen molar-refractivity contribution in [2.24, 2.45) is 13.0 Å². The zero-order chi connectivity index (χ0) is 15.4. The topological polar surface area (TPSA) is 72.1 Å². The highest BCUT2D eigenvalue weighted by atomic mass is 16.3. The summed E-state index contributed by atoms with van der Waals surface area (Å²) in [6, 6.07) is 3.54. The average molecular weight is 290 g/mol. The summed E-state index contributed by atoms with van der Waals surface area (Å²) in [4.78, 5) is 12.5. The summed E-state index contributed by atoms with van der Waals surface area (Å²) < 4.78 is 3.51. The monoisotopic (exact) mass is 290 g/mol. The number of aryl methyl sites for hydroxylation is 1. The largest absolute Gasteiger partial charge is 0.394 e. The van der Waals surface area contributed by atoms with Crippen LogP contribution in [-0.2, 0) is 7.05 Å². The van der Waals surface area contributed by atoms with Crippen molar-refractivity contribution in [2.45, 2.75) is 26.3 Å². The summed E-state index contributed by atoms with van der Waals surface area (Å²) in [5.74, 6) is 0.704. The van der Waals surface area contributed by atoms with Crippen LogP contribution in [0.2, 0.25) is 0 Å². The number of aromatic nitrogens is 3.